The number of rotatable bonds is 5. The Morgan fingerprint density at radius 3 is 2.88 bits per heavy atom. The molecule has 17 heavy (non-hydrogen) atoms. The lowest BCUT2D eigenvalue weighted by Gasteiger charge is -1.96. The van der Waals surface area contributed by atoms with E-state index in [1.54, 1.807) is 17.6 Å². The molecule has 90 valence electrons. The minimum atomic E-state index is 0.218. The summed E-state index contributed by atoms with van der Waals surface area (Å²) in [6.07, 6.45) is 3.27. The van der Waals surface area contributed by atoms with Crippen LogP contribution in [-0.2, 0) is 17.6 Å². The molecule has 0 saturated heterocycles. The zero-order chi connectivity index (χ0) is 12.3. The Labute approximate surface area is 104 Å². The van der Waals surface area contributed by atoms with E-state index in [1.807, 2.05) is 26.0 Å². The van der Waals surface area contributed by atoms with Crippen LogP contribution in [0.2, 0.25) is 0 Å². The van der Waals surface area contributed by atoms with Gasteiger partial charge in [0, 0.05) is 17.7 Å². The molecule has 0 unspecified atom stereocenters. The standard InChI is InChI=1S/C13H15NO2S/c1-9-10(2)17-13(14-9)8-11(15)5-6-12-4-3-7-16-12/h3-4,7H,5-6,8H2,1-2H3. The maximum Gasteiger partial charge on any atom is 0.140 e. The fraction of sp³-hybridized carbons (Fsp3) is 0.385. The summed E-state index contributed by atoms with van der Waals surface area (Å²) in [5.41, 5.74) is 1.03. The summed E-state index contributed by atoms with van der Waals surface area (Å²) in [5.74, 6) is 1.08. The van der Waals surface area contributed by atoms with Crippen LogP contribution in [-0.4, -0.2) is 10.8 Å². The molecule has 0 amide bonds. The van der Waals surface area contributed by atoms with Gasteiger partial charge in [-0.25, -0.2) is 4.98 Å². The number of aromatic nitrogens is 1. The van der Waals surface area contributed by atoms with E-state index < -0.39 is 0 Å². The Kier molecular flexibility index (Phi) is 3.74. The van der Waals surface area contributed by atoms with Gasteiger partial charge in [0.05, 0.1) is 18.4 Å². The van der Waals surface area contributed by atoms with Crippen LogP contribution < -0.4 is 0 Å². The highest BCUT2D eigenvalue weighted by Gasteiger charge is 2.10. The molecule has 0 spiro atoms. The number of ketones is 1. The van der Waals surface area contributed by atoms with Crippen LogP contribution >= 0.6 is 11.3 Å². The second kappa shape index (κ2) is 5.27. The molecule has 0 aromatic carbocycles. The predicted octanol–water partition coefficient (Wildman–Crippen LogP) is 3.10. The molecule has 2 aromatic rings. The van der Waals surface area contributed by atoms with E-state index in [2.05, 4.69) is 4.98 Å². The Morgan fingerprint density at radius 2 is 2.29 bits per heavy atom. The van der Waals surface area contributed by atoms with E-state index in [0.717, 1.165) is 16.5 Å². The Hall–Kier alpha value is -1.42. The van der Waals surface area contributed by atoms with Crippen LogP contribution in [0.25, 0.3) is 0 Å². The molecule has 0 aliphatic heterocycles. The molecule has 0 aliphatic carbocycles. The van der Waals surface area contributed by atoms with Crippen LogP contribution in [0.1, 0.15) is 27.8 Å². The van der Waals surface area contributed by atoms with Gasteiger partial charge >= 0.3 is 0 Å². The second-order valence-electron chi connectivity index (χ2n) is 4.04. The van der Waals surface area contributed by atoms with Gasteiger partial charge in [0.2, 0.25) is 0 Å². The molecule has 2 rings (SSSR count). The summed E-state index contributed by atoms with van der Waals surface area (Å²) in [4.78, 5) is 17.3. The first-order valence-electron chi connectivity index (χ1n) is 5.62. The first-order chi connectivity index (χ1) is 8.15. The number of hydrogen-bond acceptors (Lipinski definition) is 4. The maximum atomic E-state index is 11.8. The third-order valence-corrected chi connectivity index (χ3v) is 3.72. The topological polar surface area (TPSA) is 43.1 Å². The summed E-state index contributed by atoms with van der Waals surface area (Å²) in [6, 6.07) is 3.73. The summed E-state index contributed by atoms with van der Waals surface area (Å²) in [5, 5.41) is 0.921. The summed E-state index contributed by atoms with van der Waals surface area (Å²) in [7, 11) is 0. The molecular weight excluding hydrogens is 234 g/mol. The van der Waals surface area contributed by atoms with E-state index in [9.17, 15) is 4.79 Å². The number of Topliss-reactive ketones (excluding diaryl/α,β-unsaturated/α-hetero) is 1. The largest absolute Gasteiger partial charge is 0.469 e. The van der Waals surface area contributed by atoms with Gasteiger partial charge in [-0.1, -0.05) is 0 Å². The highest BCUT2D eigenvalue weighted by Crippen LogP contribution is 2.17. The van der Waals surface area contributed by atoms with Gasteiger partial charge in [0.15, 0.2) is 0 Å². The molecule has 0 N–H and O–H groups in total. The zero-order valence-corrected chi connectivity index (χ0v) is 10.8. The number of thiazole rings is 1. The summed E-state index contributed by atoms with van der Waals surface area (Å²) in [6.45, 7) is 4.01. The van der Waals surface area contributed by atoms with Gasteiger partial charge in [-0.05, 0) is 26.0 Å². The zero-order valence-electron chi connectivity index (χ0n) is 10.0. The van der Waals surface area contributed by atoms with Crippen molar-refractivity contribution in [2.45, 2.75) is 33.1 Å². The van der Waals surface area contributed by atoms with E-state index in [4.69, 9.17) is 4.42 Å². The second-order valence-corrected chi connectivity index (χ2v) is 5.33. The van der Waals surface area contributed by atoms with Crippen molar-refractivity contribution in [2.75, 3.05) is 0 Å². The van der Waals surface area contributed by atoms with Crippen molar-refractivity contribution in [3.05, 3.63) is 39.7 Å². The maximum absolute atomic E-state index is 11.8. The lowest BCUT2D eigenvalue weighted by molar-refractivity contribution is -0.118. The first-order valence-corrected chi connectivity index (χ1v) is 6.44. The van der Waals surface area contributed by atoms with Crippen molar-refractivity contribution in [3.8, 4) is 0 Å². The molecule has 0 radical (unpaired) electrons. The van der Waals surface area contributed by atoms with Crippen molar-refractivity contribution in [1.29, 1.82) is 0 Å². The highest BCUT2D eigenvalue weighted by atomic mass is 32.1. The number of aryl methyl sites for hydroxylation is 3. The van der Waals surface area contributed by atoms with E-state index in [-0.39, 0.29) is 5.78 Å². The summed E-state index contributed by atoms with van der Waals surface area (Å²) >= 11 is 1.61. The molecule has 3 nitrogen and oxygen atoms in total. The highest BCUT2D eigenvalue weighted by molar-refractivity contribution is 7.11. The molecule has 0 fully saturated rings. The van der Waals surface area contributed by atoms with Crippen LogP contribution in [0.3, 0.4) is 0 Å². The van der Waals surface area contributed by atoms with Crippen LogP contribution in [0.4, 0.5) is 0 Å². The lowest BCUT2D eigenvalue weighted by Crippen LogP contribution is -2.03. The van der Waals surface area contributed by atoms with E-state index in [0.29, 0.717) is 19.3 Å². The average molecular weight is 249 g/mol. The van der Waals surface area contributed by atoms with Gasteiger partial charge in [0.1, 0.15) is 16.6 Å². The Bertz CT molecular complexity index is 480. The Morgan fingerprint density at radius 1 is 1.47 bits per heavy atom. The van der Waals surface area contributed by atoms with E-state index >= 15 is 0 Å². The third-order valence-electron chi connectivity index (χ3n) is 2.65. The Balaban J connectivity index is 1.85. The summed E-state index contributed by atoms with van der Waals surface area (Å²) < 4.78 is 5.19. The molecule has 2 heterocycles. The van der Waals surface area contributed by atoms with Gasteiger partial charge in [-0.3, -0.25) is 4.79 Å². The van der Waals surface area contributed by atoms with Crippen LogP contribution in [0.5, 0.6) is 0 Å². The predicted molar refractivity (Wildman–Crippen MR) is 67.3 cm³/mol. The number of hydrogen-bond donors (Lipinski definition) is 0. The van der Waals surface area contributed by atoms with Crippen LogP contribution in [0, 0.1) is 13.8 Å². The van der Waals surface area contributed by atoms with Crippen molar-refractivity contribution in [2.24, 2.45) is 0 Å². The molecule has 2 aromatic heterocycles. The SMILES string of the molecule is Cc1nc(CC(=O)CCc2ccco2)sc1C. The fourth-order valence-electron chi connectivity index (χ4n) is 1.59. The van der Waals surface area contributed by atoms with Crippen LogP contribution in [0.15, 0.2) is 22.8 Å². The lowest BCUT2D eigenvalue weighted by atomic mass is 10.1. The average Bonchev–Trinajstić information content (AvgIpc) is 2.87. The number of nitrogens with zero attached hydrogens (tertiary/aromatic N) is 1. The minimum absolute atomic E-state index is 0.218. The quantitative estimate of drug-likeness (QED) is 0.817. The fourth-order valence-corrected chi connectivity index (χ4v) is 2.55. The van der Waals surface area contributed by atoms with Crippen molar-refractivity contribution in [3.63, 3.8) is 0 Å². The minimum Gasteiger partial charge on any atom is -0.469 e. The molecule has 0 atom stereocenters. The molecule has 0 saturated carbocycles. The van der Waals surface area contributed by atoms with Gasteiger partial charge < -0.3 is 4.42 Å². The van der Waals surface area contributed by atoms with Gasteiger partial charge in [-0.15, -0.1) is 11.3 Å². The van der Waals surface area contributed by atoms with Crippen molar-refractivity contribution >= 4 is 17.1 Å². The molecule has 0 aliphatic rings. The van der Waals surface area contributed by atoms with Gasteiger partial charge in [0.25, 0.3) is 0 Å². The normalized spacial score (nSPS) is 10.7. The van der Waals surface area contributed by atoms with Gasteiger partial charge in [-0.2, -0.15) is 0 Å². The number of carbonyl (C=O) groups is 1. The smallest absolute Gasteiger partial charge is 0.140 e. The van der Waals surface area contributed by atoms with Crippen molar-refractivity contribution in [1.82, 2.24) is 4.98 Å². The monoisotopic (exact) mass is 249 g/mol. The number of furan rings is 1. The van der Waals surface area contributed by atoms with Crippen molar-refractivity contribution < 1.29 is 9.21 Å². The first kappa shape index (κ1) is 12.0. The van der Waals surface area contributed by atoms with E-state index in [1.165, 1.54) is 4.88 Å². The molecule has 4 heteroatoms. The number of carbonyl (C=O) groups excluding carboxylic acids is 1. The molecule has 0 bridgehead atoms. The molecular formula is C13H15NO2S. The third kappa shape index (κ3) is 3.27.